The van der Waals surface area contributed by atoms with E-state index in [9.17, 15) is 4.79 Å². The minimum absolute atomic E-state index is 0.189. The third-order valence-corrected chi connectivity index (χ3v) is 9.34. The van der Waals surface area contributed by atoms with E-state index in [-0.39, 0.29) is 5.78 Å². The fraction of sp³-hybridized carbons (Fsp3) is 0.767. The minimum atomic E-state index is 0.189. The van der Waals surface area contributed by atoms with Gasteiger partial charge in [0.25, 0.3) is 0 Å². The summed E-state index contributed by atoms with van der Waals surface area (Å²) in [6, 6.07) is 4.74. The van der Waals surface area contributed by atoms with Crippen molar-refractivity contribution in [1.82, 2.24) is 19.7 Å². The van der Waals surface area contributed by atoms with Crippen molar-refractivity contribution in [3.63, 3.8) is 0 Å². The molecule has 0 bridgehead atoms. The molecule has 1 saturated heterocycles. The molecule has 2 aliphatic carbocycles. The Balaban J connectivity index is 1.19. The standard InChI is InChI=1S/C30H47N5O/c1-33(25-13-9-4-3-5-10-14-25)28-16-15-26-29(32-34(2)30(26)31-28)27(36)21-23-17-19-35(20-18-23)22-24-11-7-6-8-12-24/h15-16,23-25H,3-14,17-22H2,1-2H3. The lowest BCUT2D eigenvalue weighted by Crippen LogP contribution is -2.38. The molecular formula is C30H47N5O. The summed E-state index contributed by atoms with van der Waals surface area (Å²) in [7, 11) is 4.11. The van der Waals surface area contributed by atoms with Crippen molar-refractivity contribution in [2.45, 2.75) is 102 Å². The van der Waals surface area contributed by atoms with Crippen LogP contribution in [-0.2, 0) is 7.05 Å². The van der Waals surface area contributed by atoms with Crippen LogP contribution in [0.3, 0.4) is 0 Å². The Morgan fingerprint density at radius 3 is 2.25 bits per heavy atom. The number of carbonyl (C=O) groups is 1. The van der Waals surface area contributed by atoms with Crippen molar-refractivity contribution in [2.24, 2.45) is 18.9 Å². The monoisotopic (exact) mass is 493 g/mol. The first-order chi connectivity index (χ1) is 17.6. The van der Waals surface area contributed by atoms with Gasteiger partial charge < -0.3 is 9.80 Å². The summed E-state index contributed by atoms with van der Waals surface area (Å²) in [5, 5.41) is 5.57. The predicted molar refractivity (Wildman–Crippen MR) is 148 cm³/mol. The molecule has 0 amide bonds. The molecule has 36 heavy (non-hydrogen) atoms. The Kier molecular flexibility index (Phi) is 8.61. The van der Waals surface area contributed by atoms with Gasteiger partial charge in [0, 0.05) is 33.1 Å². The molecule has 0 atom stereocenters. The summed E-state index contributed by atoms with van der Waals surface area (Å²) in [6.45, 7) is 3.57. The number of nitrogens with zero attached hydrogens (tertiary/aromatic N) is 5. The van der Waals surface area contributed by atoms with Crippen molar-refractivity contribution in [1.29, 1.82) is 0 Å². The van der Waals surface area contributed by atoms with Crippen molar-refractivity contribution < 1.29 is 4.79 Å². The molecule has 2 aromatic heterocycles. The van der Waals surface area contributed by atoms with Crippen LogP contribution in [0.25, 0.3) is 11.0 Å². The van der Waals surface area contributed by atoms with Gasteiger partial charge in [0.05, 0.1) is 5.39 Å². The highest BCUT2D eigenvalue weighted by Crippen LogP contribution is 2.30. The zero-order valence-electron chi connectivity index (χ0n) is 22.8. The highest BCUT2D eigenvalue weighted by atomic mass is 16.1. The van der Waals surface area contributed by atoms with Crippen LogP contribution in [0.5, 0.6) is 0 Å². The smallest absolute Gasteiger partial charge is 0.184 e. The Morgan fingerprint density at radius 2 is 1.53 bits per heavy atom. The topological polar surface area (TPSA) is 54.3 Å². The van der Waals surface area contributed by atoms with E-state index in [4.69, 9.17) is 4.98 Å². The molecule has 0 spiro atoms. The van der Waals surface area contributed by atoms with Gasteiger partial charge in [0.1, 0.15) is 11.5 Å². The highest BCUT2D eigenvalue weighted by molar-refractivity contribution is 6.05. The number of pyridine rings is 1. The van der Waals surface area contributed by atoms with E-state index in [0.29, 0.717) is 24.1 Å². The van der Waals surface area contributed by atoms with Gasteiger partial charge in [-0.25, -0.2) is 9.67 Å². The zero-order valence-corrected chi connectivity index (χ0v) is 22.8. The lowest BCUT2D eigenvalue weighted by Gasteiger charge is -2.35. The van der Waals surface area contributed by atoms with Gasteiger partial charge in [-0.3, -0.25) is 4.79 Å². The number of ketones is 1. The average Bonchev–Trinajstić information content (AvgIpc) is 3.21. The largest absolute Gasteiger partial charge is 0.357 e. The molecule has 6 nitrogen and oxygen atoms in total. The number of fused-ring (bicyclic) bond motifs is 1. The van der Waals surface area contributed by atoms with E-state index < -0.39 is 0 Å². The lowest BCUT2D eigenvalue weighted by atomic mass is 9.87. The number of aromatic nitrogens is 3. The molecular weight excluding hydrogens is 446 g/mol. The van der Waals surface area contributed by atoms with Crippen LogP contribution in [0.15, 0.2) is 12.1 Å². The molecule has 6 heteroatoms. The highest BCUT2D eigenvalue weighted by Gasteiger charge is 2.27. The van der Waals surface area contributed by atoms with Gasteiger partial charge in [-0.1, -0.05) is 51.4 Å². The van der Waals surface area contributed by atoms with E-state index >= 15 is 0 Å². The molecule has 2 aromatic rings. The quantitative estimate of drug-likeness (QED) is 0.419. The van der Waals surface area contributed by atoms with Gasteiger partial charge in [-0.2, -0.15) is 5.10 Å². The third-order valence-electron chi connectivity index (χ3n) is 9.34. The fourth-order valence-corrected chi connectivity index (χ4v) is 7.00. The molecule has 0 aromatic carbocycles. The Bertz CT molecular complexity index is 994. The molecule has 198 valence electrons. The van der Waals surface area contributed by atoms with Crippen LogP contribution < -0.4 is 4.90 Å². The summed E-state index contributed by atoms with van der Waals surface area (Å²) >= 11 is 0. The molecule has 0 radical (unpaired) electrons. The molecule has 3 aliphatic rings. The fourth-order valence-electron chi connectivity index (χ4n) is 7.00. The molecule has 1 aliphatic heterocycles. The van der Waals surface area contributed by atoms with Gasteiger partial charge in [0.15, 0.2) is 11.4 Å². The summed E-state index contributed by atoms with van der Waals surface area (Å²) in [5.41, 5.74) is 1.45. The number of rotatable bonds is 7. The number of Topliss-reactive ketones (excluding diaryl/α,β-unsaturated/α-hetero) is 1. The summed E-state index contributed by atoms with van der Waals surface area (Å²) in [4.78, 5) is 23.4. The van der Waals surface area contributed by atoms with Gasteiger partial charge in [0.2, 0.25) is 0 Å². The molecule has 5 rings (SSSR count). The van der Waals surface area contributed by atoms with Crippen molar-refractivity contribution in [3.8, 4) is 0 Å². The molecule has 0 unspecified atom stereocenters. The predicted octanol–water partition coefficient (Wildman–Crippen LogP) is 6.38. The van der Waals surface area contributed by atoms with Crippen LogP contribution in [-0.4, -0.2) is 58.2 Å². The number of piperidine rings is 1. The van der Waals surface area contributed by atoms with E-state index in [1.165, 1.54) is 83.6 Å². The first-order valence-corrected chi connectivity index (χ1v) is 14.9. The number of likely N-dealkylation sites (tertiary alicyclic amines) is 1. The molecule has 3 fully saturated rings. The van der Waals surface area contributed by atoms with Crippen LogP contribution >= 0.6 is 0 Å². The van der Waals surface area contributed by atoms with E-state index in [1.54, 1.807) is 0 Å². The van der Waals surface area contributed by atoms with E-state index in [1.807, 2.05) is 11.7 Å². The number of hydrogen-bond acceptors (Lipinski definition) is 5. The van der Waals surface area contributed by atoms with Crippen molar-refractivity contribution in [3.05, 3.63) is 17.8 Å². The maximum atomic E-state index is 13.3. The summed E-state index contributed by atoms with van der Waals surface area (Å²) in [6.07, 6.45) is 19.2. The lowest BCUT2D eigenvalue weighted by molar-refractivity contribution is 0.0910. The third kappa shape index (κ3) is 6.12. The number of carbonyl (C=O) groups excluding carboxylic acids is 1. The maximum absolute atomic E-state index is 13.3. The first kappa shape index (κ1) is 25.7. The van der Waals surface area contributed by atoms with E-state index in [2.05, 4.69) is 34.1 Å². The van der Waals surface area contributed by atoms with Gasteiger partial charge >= 0.3 is 0 Å². The summed E-state index contributed by atoms with van der Waals surface area (Å²) < 4.78 is 1.81. The van der Waals surface area contributed by atoms with Crippen LogP contribution in [0.2, 0.25) is 0 Å². The first-order valence-electron chi connectivity index (χ1n) is 14.9. The molecule has 0 N–H and O–H groups in total. The zero-order chi connectivity index (χ0) is 24.9. The second-order valence-corrected chi connectivity index (χ2v) is 12.0. The number of hydrogen-bond donors (Lipinski definition) is 0. The van der Waals surface area contributed by atoms with Crippen molar-refractivity contribution in [2.75, 3.05) is 31.6 Å². The molecule has 3 heterocycles. The summed E-state index contributed by atoms with van der Waals surface area (Å²) in [5.74, 6) is 2.57. The second-order valence-electron chi connectivity index (χ2n) is 12.0. The maximum Gasteiger partial charge on any atom is 0.184 e. The SMILES string of the molecule is CN(c1ccc2c(C(=O)CC3CCN(CC4CCCCC4)CC3)nn(C)c2n1)C1CCCCCCC1. The van der Waals surface area contributed by atoms with Crippen LogP contribution in [0.1, 0.15) is 107 Å². The van der Waals surface area contributed by atoms with Crippen LogP contribution in [0, 0.1) is 11.8 Å². The number of anilines is 1. The minimum Gasteiger partial charge on any atom is -0.357 e. The van der Waals surface area contributed by atoms with E-state index in [0.717, 1.165) is 48.7 Å². The molecule has 2 saturated carbocycles. The Hall–Kier alpha value is -1.95. The number of aryl methyl sites for hydroxylation is 1. The Morgan fingerprint density at radius 1 is 0.889 bits per heavy atom. The second kappa shape index (κ2) is 12.1. The van der Waals surface area contributed by atoms with Crippen molar-refractivity contribution >= 4 is 22.6 Å². The average molecular weight is 494 g/mol. The van der Waals surface area contributed by atoms with Gasteiger partial charge in [-0.05, 0) is 75.6 Å². The Labute approximate surface area is 217 Å². The van der Waals surface area contributed by atoms with Gasteiger partial charge in [-0.15, -0.1) is 0 Å². The normalized spacial score (nSPS) is 21.9. The van der Waals surface area contributed by atoms with Crippen LogP contribution in [0.4, 0.5) is 5.82 Å².